The van der Waals surface area contributed by atoms with Crippen molar-refractivity contribution in [3.05, 3.63) is 17.6 Å². The van der Waals surface area contributed by atoms with Gasteiger partial charge in [-0.1, -0.05) is 0 Å². The number of aryl methyl sites for hydroxylation is 1. The van der Waals surface area contributed by atoms with Gasteiger partial charge in [0.1, 0.15) is 12.4 Å². The summed E-state index contributed by atoms with van der Waals surface area (Å²) in [5.41, 5.74) is 1.02. The highest BCUT2D eigenvalue weighted by Crippen LogP contribution is 2.25. The van der Waals surface area contributed by atoms with E-state index >= 15 is 0 Å². The lowest BCUT2D eigenvalue weighted by Crippen LogP contribution is -2.59. The molecule has 0 bridgehead atoms. The van der Waals surface area contributed by atoms with Gasteiger partial charge in [0.05, 0.1) is 0 Å². The molecule has 3 rings (SSSR count). The highest BCUT2D eigenvalue weighted by atomic mass is 16.5. The first-order valence-corrected chi connectivity index (χ1v) is 7.09. The molecule has 0 unspecified atom stereocenters. The van der Waals surface area contributed by atoms with E-state index in [0.717, 1.165) is 36.5 Å². The fraction of sp³-hybridized carbons (Fsp3) is 0.714. The van der Waals surface area contributed by atoms with Crippen LogP contribution in [0.2, 0.25) is 0 Å². The Balaban J connectivity index is 1.64. The third kappa shape index (κ3) is 2.72. The largest absolute Gasteiger partial charge is 0.377 e. The molecule has 2 aliphatic rings. The molecule has 1 aromatic heterocycles. The minimum Gasteiger partial charge on any atom is -0.377 e. The molecule has 1 aromatic rings. The molecule has 3 heterocycles. The van der Waals surface area contributed by atoms with E-state index < -0.39 is 0 Å². The van der Waals surface area contributed by atoms with Crippen molar-refractivity contribution >= 4 is 5.82 Å². The van der Waals surface area contributed by atoms with Crippen LogP contribution in [-0.2, 0) is 11.3 Å². The maximum Gasteiger partial charge on any atom is 0.156 e. The van der Waals surface area contributed by atoms with E-state index in [2.05, 4.69) is 25.8 Å². The lowest BCUT2D eigenvalue weighted by Gasteiger charge is -2.44. The van der Waals surface area contributed by atoms with Gasteiger partial charge < -0.3 is 9.64 Å². The highest BCUT2D eigenvalue weighted by Gasteiger charge is 2.33. The molecular weight excluding hydrogens is 240 g/mol. The van der Waals surface area contributed by atoms with Crippen LogP contribution < -0.4 is 4.90 Å². The van der Waals surface area contributed by atoms with E-state index in [0.29, 0.717) is 6.61 Å². The van der Waals surface area contributed by atoms with Gasteiger partial charge in [0, 0.05) is 38.0 Å². The lowest BCUT2D eigenvalue weighted by molar-refractivity contribution is 0.177. The summed E-state index contributed by atoms with van der Waals surface area (Å²) < 4.78 is 5.12. The Hall–Kier alpha value is -1.20. The molecule has 0 atom stereocenters. The number of aromatic nitrogens is 2. The Kier molecular flexibility index (Phi) is 3.66. The van der Waals surface area contributed by atoms with Gasteiger partial charge in [-0.3, -0.25) is 4.90 Å². The molecule has 2 saturated heterocycles. The van der Waals surface area contributed by atoms with Gasteiger partial charge in [0.2, 0.25) is 0 Å². The molecule has 0 aromatic carbocycles. The first-order valence-electron chi connectivity index (χ1n) is 7.09. The Morgan fingerprint density at radius 1 is 1.26 bits per heavy atom. The molecule has 5 heteroatoms. The summed E-state index contributed by atoms with van der Waals surface area (Å²) in [6.45, 7) is 7.25. The second-order valence-electron chi connectivity index (χ2n) is 5.52. The SMILES string of the molecule is COCc1nc(C)cc(N2CC(N3CCCC3)C2)n1. The normalized spacial score (nSPS) is 20.8. The monoisotopic (exact) mass is 262 g/mol. The summed E-state index contributed by atoms with van der Waals surface area (Å²) >= 11 is 0. The Bertz CT molecular complexity index is 439. The molecule has 5 nitrogen and oxygen atoms in total. The average molecular weight is 262 g/mol. The lowest BCUT2D eigenvalue weighted by atomic mass is 10.1. The van der Waals surface area contributed by atoms with Gasteiger partial charge in [-0.15, -0.1) is 0 Å². The molecule has 0 aliphatic carbocycles. The fourth-order valence-electron chi connectivity index (χ4n) is 2.95. The van der Waals surface area contributed by atoms with Crippen molar-refractivity contribution in [1.29, 1.82) is 0 Å². The summed E-state index contributed by atoms with van der Waals surface area (Å²) in [7, 11) is 1.68. The zero-order valence-corrected chi connectivity index (χ0v) is 11.8. The second-order valence-corrected chi connectivity index (χ2v) is 5.52. The summed E-state index contributed by atoms with van der Waals surface area (Å²) in [5.74, 6) is 1.83. The van der Waals surface area contributed by atoms with E-state index in [1.54, 1.807) is 7.11 Å². The molecule has 0 spiro atoms. The number of ether oxygens (including phenoxy) is 1. The molecule has 104 valence electrons. The van der Waals surface area contributed by atoms with Crippen LogP contribution in [-0.4, -0.2) is 54.2 Å². The van der Waals surface area contributed by atoms with Crippen molar-refractivity contribution < 1.29 is 4.74 Å². The summed E-state index contributed by atoms with van der Waals surface area (Å²) in [4.78, 5) is 13.9. The Morgan fingerprint density at radius 3 is 2.68 bits per heavy atom. The predicted octanol–water partition coefficient (Wildman–Crippen LogP) is 1.22. The molecule has 0 saturated carbocycles. The molecule has 0 radical (unpaired) electrons. The van der Waals surface area contributed by atoms with Gasteiger partial charge in [0.15, 0.2) is 5.82 Å². The van der Waals surface area contributed by atoms with Crippen molar-refractivity contribution in [2.45, 2.75) is 32.4 Å². The van der Waals surface area contributed by atoms with E-state index in [1.807, 2.05) is 6.92 Å². The van der Waals surface area contributed by atoms with Crippen LogP contribution in [0.15, 0.2) is 6.07 Å². The number of rotatable bonds is 4. The molecule has 0 amide bonds. The smallest absolute Gasteiger partial charge is 0.156 e. The van der Waals surface area contributed by atoms with Crippen LogP contribution in [0.4, 0.5) is 5.82 Å². The van der Waals surface area contributed by atoms with E-state index in [-0.39, 0.29) is 0 Å². The van der Waals surface area contributed by atoms with Crippen LogP contribution in [0.5, 0.6) is 0 Å². The van der Waals surface area contributed by atoms with Crippen molar-refractivity contribution in [3.63, 3.8) is 0 Å². The zero-order chi connectivity index (χ0) is 13.2. The van der Waals surface area contributed by atoms with Crippen molar-refractivity contribution in [1.82, 2.24) is 14.9 Å². The van der Waals surface area contributed by atoms with Crippen molar-refractivity contribution in [3.8, 4) is 0 Å². The van der Waals surface area contributed by atoms with Crippen LogP contribution in [0, 0.1) is 6.92 Å². The number of nitrogens with zero attached hydrogens (tertiary/aromatic N) is 4. The van der Waals surface area contributed by atoms with Gasteiger partial charge >= 0.3 is 0 Å². The van der Waals surface area contributed by atoms with E-state index in [4.69, 9.17) is 4.74 Å². The minimum atomic E-state index is 0.484. The predicted molar refractivity (Wildman–Crippen MR) is 74.3 cm³/mol. The van der Waals surface area contributed by atoms with E-state index in [1.165, 1.54) is 25.9 Å². The van der Waals surface area contributed by atoms with Gasteiger partial charge in [-0.05, 0) is 32.9 Å². The van der Waals surface area contributed by atoms with Gasteiger partial charge in [-0.25, -0.2) is 9.97 Å². The van der Waals surface area contributed by atoms with Crippen LogP contribution in [0.3, 0.4) is 0 Å². The first-order chi connectivity index (χ1) is 9.26. The maximum absolute atomic E-state index is 5.12. The van der Waals surface area contributed by atoms with Crippen molar-refractivity contribution in [2.24, 2.45) is 0 Å². The first kappa shape index (κ1) is 12.8. The topological polar surface area (TPSA) is 41.5 Å². The van der Waals surface area contributed by atoms with E-state index in [9.17, 15) is 0 Å². The standard InChI is InChI=1S/C14H22N4O/c1-11-7-14(16-13(15-11)10-19-2)18-8-12(9-18)17-5-3-4-6-17/h7,12H,3-6,8-10H2,1-2H3. The second kappa shape index (κ2) is 5.43. The number of hydrogen-bond acceptors (Lipinski definition) is 5. The third-order valence-electron chi connectivity index (χ3n) is 4.00. The van der Waals surface area contributed by atoms with Crippen LogP contribution >= 0.6 is 0 Å². The number of anilines is 1. The molecule has 2 aliphatic heterocycles. The summed E-state index contributed by atoms with van der Waals surface area (Å²) in [6.07, 6.45) is 2.72. The quantitative estimate of drug-likeness (QED) is 0.816. The molecule has 2 fully saturated rings. The van der Waals surface area contributed by atoms with Crippen LogP contribution in [0.1, 0.15) is 24.4 Å². The maximum atomic E-state index is 5.12. The summed E-state index contributed by atoms with van der Waals surface area (Å²) in [6, 6.07) is 2.79. The fourth-order valence-corrected chi connectivity index (χ4v) is 2.95. The number of hydrogen-bond donors (Lipinski definition) is 0. The zero-order valence-electron chi connectivity index (χ0n) is 11.8. The summed E-state index contributed by atoms with van der Waals surface area (Å²) in [5, 5.41) is 0. The average Bonchev–Trinajstić information content (AvgIpc) is 2.80. The molecular formula is C14H22N4O. The molecule has 0 N–H and O–H groups in total. The number of methoxy groups -OCH3 is 1. The minimum absolute atomic E-state index is 0.484. The van der Waals surface area contributed by atoms with Gasteiger partial charge in [-0.2, -0.15) is 0 Å². The van der Waals surface area contributed by atoms with Crippen LogP contribution in [0.25, 0.3) is 0 Å². The Labute approximate surface area is 114 Å². The highest BCUT2D eigenvalue weighted by molar-refractivity contribution is 5.43. The third-order valence-corrected chi connectivity index (χ3v) is 4.00. The Morgan fingerprint density at radius 2 is 2.00 bits per heavy atom. The number of likely N-dealkylation sites (tertiary alicyclic amines) is 1. The molecule has 19 heavy (non-hydrogen) atoms. The van der Waals surface area contributed by atoms with Gasteiger partial charge in [0.25, 0.3) is 0 Å². The van der Waals surface area contributed by atoms with Crippen molar-refractivity contribution in [2.75, 3.05) is 38.2 Å².